The third-order valence-corrected chi connectivity index (χ3v) is 3.90. The Hall–Kier alpha value is -4.01. The highest BCUT2D eigenvalue weighted by Gasteiger charge is 2.17. The largest absolute Gasteiger partial charge is 0.321 e. The Morgan fingerprint density at radius 3 is 2.69 bits per heavy atom. The van der Waals surface area contributed by atoms with Gasteiger partial charge in [-0.2, -0.15) is 5.10 Å². The van der Waals surface area contributed by atoms with Crippen LogP contribution >= 0.6 is 0 Å². The maximum atomic E-state index is 12.5. The highest BCUT2D eigenvalue weighted by atomic mass is 16.6. The van der Waals surface area contributed by atoms with Crippen molar-refractivity contribution < 1.29 is 9.72 Å². The molecule has 0 aliphatic heterocycles. The normalized spacial score (nSPS) is 10.8. The fraction of sp³-hybridized carbons (Fsp3) is 0. The second-order valence-electron chi connectivity index (χ2n) is 5.53. The molecule has 2 N–H and O–H groups in total. The van der Waals surface area contributed by atoms with Crippen molar-refractivity contribution in [2.45, 2.75) is 0 Å². The number of imidazole rings is 1. The Bertz CT molecular complexity index is 1100. The summed E-state index contributed by atoms with van der Waals surface area (Å²) >= 11 is 0. The predicted molar refractivity (Wildman–Crippen MR) is 94.3 cm³/mol. The molecule has 26 heavy (non-hydrogen) atoms. The molecule has 9 heteroatoms. The van der Waals surface area contributed by atoms with Gasteiger partial charge in [-0.25, -0.2) is 4.98 Å². The van der Waals surface area contributed by atoms with Gasteiger partial charge in [-0.05, 0) is 30.3 Å². The van der Waals surface area contributed by atoms with Crippen molar-refractivity contribution in [1.82, 2.24) is 19.7 Å². The Labute approximate surface area is 146 Å². The first-order chi connectivity index (χ1) is 12.6. The van der Waals surface area contributed by atoms with E-state index in [0.29, 0.717) is 16.6 Å². The van der Waals surface area contributed by atoms with Crippen molar-refractivity contribution in [3.05, 3.63) is 77.0 Å². The molecular formula is C17H12N6O3. The van der Waals surface area contributed by atoms with Gasteiger partial charge in [0.2, 0.25) is 0 Å². The molecule has 2 aromatic heterocycles. The minimum absolute atomic E-state index is 0.0994. The van der Waals surface area contributed by atoms with Crippen molar-refractivity contribution in [3.8, 4) is 5.69 Å². The van der Waals surface area contributed by atoms with Gasteiger partial charge < -0.3 is 9.88 Å². The van der Waals surface area contributed by atoms with Gasteiger partial charge in [0, 0.05) is 41.3 Å². The molecule has 0 aliphatic rings. The van der Waals surface area contributed by atoms with Crippen molar-refractivity contribution in [3.63, 3.8) is 0 Å². The second kappa shape index (κ2) is 6.13. The summed E-state index contributed by atoms with van der Waals surface area (Å²) in [6.45, 7) is 0. The van der Waals surface area contributed by atoms with Crippen molar-refractivity contribution in [2.75, 3.05) is 5.32 Å². The van der Waals surface area contributed by atoms with Crippen LogP contribution in [0.15, 0.2) is 61.2 Å². The number of rotatable bonds is 4. The van der Waals surface area contributed by atoms with Gasteiger partial charge in [0.1, 0.15) is 0 Å². The van der Waals surface area contributed by atoms with E-state index < -0.39 is 10.8 Å². The molecule has 4 aromatic rings. The number of carbonyl (C=O) groups is 1. The highest BCUT2D eigenvalue weighted by molar-refractivity contribution is 6.11. The summed E-state index contributed by atoms with van der Waals surface area (Å²) in [7, 11) is 0. The molecule has 2 heterocycles. The molecule has 0 bridgehead atoms. The van der Waals surface area contributed by atoms with E-state index in [0.717, 1.165) is 5.69 Å². The van der Waals surface area contributed by atoms with Crippen LogP contribution in [-0.4, -0.2) is 30.6 Å². The lowest BCUT2D eigenvalue weighted by atomic mass is 10.2. The van der Waals surface area contributed by atoms with Gasteiger partial charge in [-0.1, -0.05) is 0 Å². The number of aromatic amines is 1. The Balaban J connectivity index is 1.59. The van der Waals surface area contributed by atoms with E-state index in [2.05, 4.69) is 20.5 Å². The Morgan fingerprint density at radius 2 is 2.00 bits per heavy atom. The zero-order valence-electron chi connectivity index (χ0n) is 13.3. The van der Waals surface area contributed by atoms with E-state index in [9.17, 15) is 14.9 Å². The highest BCUT2D eigenvalue weighted by Crippen LogP contribution is 2.23. The smallest absolute Gasteiger partial charge is 0.276 e. The molecule has 0 fully saturated rings. The van der Waals surface area contributed by atoms with E-state index in [1.165, 1.54) is 18.2 Å². The molecule has 4 rings (SSSR count). The minimum atomic E-state index is -0.511. The summed E-state index contributed by atoms with van der Waals surface area (Å²) in [6.07, 6.45) is 5.17. The lowest BCUT2D eigenvalue weighted by molar-refractivity contribution is -0.384. The summed E-state index contributed by atoms with van der Waals surface area (Å²) in [5.74, 6) is -0.452. The fourth-order valence-corrected chi connectivity index (χ4v) is 2.61. The number of non-ortho nitro benzene ring substituents is 1. The van der Waals surface area contributed by atoms with Gasteiger partial charge in [0.25, 0.3) is 11.6 Å². The van der Waals surface area contributed by atoms with E-state index >= 15 is 0 Å². The van der Waals surface area contributed by atoms with Crippen molar-refractivity contribution in [2.24, 2.45) is 0 Å². The van der Waals surface area contributed by atoms with Gasteiger partial charge >= 0.3 is 0 Å². The van der Waals surface area contributed by atoms with Crippen LogP contribution < -0.4 is 5.32 Å². The quantitative estimate of drug-likeness (QED) is 0.434. The van der Waals surface area contributed by atoms with Gasteiger partial charge in [-0.3, -0.25) is 20.0 Å². The van der Waals surface area contributed by atoms with Crippen LogP contribution in [0.25, 0.3) is 16.6 Å². The van der Waals surface area contributed by atoms with Crippen LogP contribution in [0.1, 0.15) is 10.5 Å². The third kappa shape index (κ3) is 2.77. The molecule has 0 unspecified atom stereocenters. The average Bonchev–Trinajstić information content (AvgIpc) is 3.31. The first-order valence-electron chi connectivity index (χ1n) is 7.64. The zero-order chi connectivity index (χ0) is 18.1. The van der Waals surface area contributed by atoms with Crippen LogP contribution in [0.4, 0.5) is 11.4 Å². The third-order valence-electron chi connectivity index (χ3n) is 3.90. The first kappa shape index (κ1) is 15.5. The summed E-state index contributed by atoms with van der Waals surface area (Å²) in [5.41, 5.74) is 2.04. The molecule has 9 nitrogen and oxygen atoms in total. The fourth-order valence-electron chi connectivity index (χ4n) is 2.61. The minimum Gasteiger partial charge on any atom is -0.321 e. The number of carbonyl (C=O) groups excluding carboxylic acids is 1. The number of nitrogens with one attached hydrogen (secondary N) is 2. The molecule has 0 atom stereocenters. The standard InChI is InChI=1S/C17H12N6O3/c24-17(16-14-9-13(23(25)26)5-6-15(14)20-21-16)19-11-1-3-12(4-2-11)22-8-7-18-10-22/h1-10H,(H,19,24)(H,20,21). The number of nitro groups is 1. The Morgan fingerprint density at radius 1 is 1.19 bits per heavy atom. The van der Waals surface area contributed by atoms with E-state index in [1.54, 1.807) is 24.7 Å². The van der Waals surface area contributed by atoms with E-state index in [-0.39, 0.29) is 11.4 Å². The maximum absolute atomic E-state index is 12.5. The number of hydrogen-bond donors (Lipinski definition) is 2. The lowest BCUT2D eigenvalue weighted by Gasteiger charge is -2.06. The van der Waals surface area contributed by atoms with Gasteiger partial charge in [0.05, 0.1) is 16.8 Å². The molecule has 0 aliphatic carbocycles. The molecule has 0 saturated heterocycles. The van der Waals surface area contributed by atoms with Crippen LogP contribution in [-0.2, 0) is 0 Å². The number of amides is 1. The second-order valence-corrected chi connectivity index (χ2v) is 5.53. The van der Waals surface area contributed by atoms with Gasteiger partial charge in [0.15, 0.2) is 5.69 Å². The number of H-pyrrole nitrogens is 1. The molecule has 128 valence electrons. The number of aromatic nitrogens is 4. The number of fused-ring (bicyclic) bond motifs is 1. The summed E-state index contributed by atoms with van der Waals surface area (Å²) in [4.78, 5) is 26.9. The Kier molecular flexibility index (Phi) is 3.66. The number of nitro benzene ring substituents is 1. The average molecular weight is 348 g/mol. The molecule has 0 saturated carbocycles. The predicted octanol–water partition coefficient (Wildman–Crippen LogP) is 2.91. The summed E-state index contributed by atoms with van der Waals surface area (Å²) < 4.78 is 1.84. The molecule has 1 amide bonds. The number of anilines is 1. The topological polar surface area (TPSA) is 119 Å². The van der Waals surface area contributed by atoms with Gasteiger partial charge in [-0.15, -0.1) is 0 Å². The van der Waals surface area contributed by atoms with E-state index in [4.69, 9.17) is 0 Å². The van der Waals surface area contributed by atoms with Crippen LogP contribution in [0.3, 0.4) is 0 Å². The van der Waals surface area contributed by atoms with Crippen LogP contribution in [0, 0.1) is 10.1 Å². The van der Waals surface area contributed by atoms with E-state index in [1.807, 2.05) is 22.9 Å². The molecule has 0 spiro atoms. The SMILES string of the molecule is O=C(Nc1ccc(-n2ccnc2)cc1)c1n[nH]c2ccc([N+](=O)[O-])cc12. The maximum Gasteiger partial charge on any atom is 0.276 e. The summed E-state index contributed by atoms with van der Waals surface area (Å²) in [6, 6.07) is 11.4. The first-order valence-corrected chi connectivity index (χ1v) is 7.64. The van der Waals surface area contributed by atoms with Crippen molar-refractivity contribution in [1.29, 1.82) is 0 Å². The number of hydrogen-bond acceptors (Lipinski definition) is 5. The number of benzene rings is 2. The lowest BCUT2D eigenvalue weighted by Crippen LogP contribution is -2.12. The molecule has 2 aromatic carbocycles. The number of nitrogens with zero attached hydrogens (tertiary/aromatic N) is 4. The molecule has 0 radical (unpaired) electrons. The zero-order valence-corrected chi connectivity index (χ0v) is 13.3. The van der Waals surface area contributed by atoms with Crippen LogP contribution in [0.2, 0.25) is 0 Å². The summed E-state index contributed by atoms with van der Waals surface area (Å²) in [5, 5.41) is 20.8. The van der Waals surface area contributed by atoms with Crippen LogP contribution in [0.5, 0.6) is 0 Å². The molecular weight excluding hydrogens is 336 g/mol. The monoisotopic (exact) mass is 348 g/mol. The van der Waals surface area contributed by atoms with Crippen molar-refractivity contribution >= 4 is 28.2 Å².